The number of pyridine rings is 1. The highest BCUT2D eigenvalue weighted by atomic mass is 16.5. The van der Waals surface area contributed by atoms with Crippen molar-refractivity contribution in [2.45, 2.75) is 39.2 Å². The molecule has 1 aromatic heterocycles. The number of unbranched alkanes of at least 4 members (excludes halogenated alkanes) is 1. The van der Waals surface area contributed by atoms with E-state index in [1.165, 1.54) is 5.56 Å². The Hall–Kier alpha value is -2.81. The summed E-state index contributed by atoms with van der Waals surface area (Å²) in [6, 6.07) is 22.3. The van der Waals surface area contributed by atoms with Crippen LogP contribution in [0.5, 0.6) is 11.5 Å². The molecule has 3 rings (SSSR count). The fraction of sp³-hybridized carbons (Fsp3) is 0.292. The van der Waals surface area contributed by atoms with E-state index in [1.54, 1.807) is 7.11 Å². The van der Waals surface area contributed by atoms with Gasteiger partial charge in [-0.05, 0) is 73.9 Å². The third kappa shape index (κ3) is 5.10. The van der Waals surface area contributed by atoms with Crippen LogP contribution in [0, 0.1) is 6.92 Å². The lowest BCUT2D eigenvalue weighted by Gasteiger charge is -2.19. The van der Waals surface area contributed by atoms with Gasteiger partial charge < -0.3 is 9.47 Å². The maximum Gasteiger partial charge on any atom is 0.141 e. The molecule has 0 bridgehead atoms. The highest BCUT2D eigenvalue weighted by Crippen LogP contribution is 2.28. The standard InChI is InChI=1S/C24H27NO2/c1-4-5-12-24(27-21-9-6-8-18(2)17-21)23-11-7-10-22(25-23)19-13-15-20(26-3)16-14-19/h6-11,13-17,24H,4-5,12H2,1-3H3/t24-/m0/s1. The van der Waals surface area contributed by atoms with E-state index >= 15 is 0 Å². The maximum atomic E-state index is 6.33. The monoisotopic (exact) mass is 361 g/mol. The van der Waals surface area contributed by atoms with E-state index in [9.17, 15) is 0 Å². The predicted molar refractivity (Wildman–Crippen MR) is 110 cm³/mol. The molecule has 0 aliphatic carbocycles. The number of hydrogen-bond acceptors (Lipinski definition) is 3. The zero-order chi connectivity index (χ0) is 19.1. The van der Waals surface area contributed by atoms with Crippen LogP contribution in [0.25, 0.3) is 11.3 Å². The number of methoxy groups -OCH3 is 1. The van der Waals surface area contributed by atoms with Gasteiger partial charge in [0.2, 0.25) is 0 Å². The van der Waals surface area contributed by atoms with Gasteiger partial charge in [0.1, 0.15) is 17.6 Å². The Kier molecular flexibility index (Phi) is 6.48. The van der Waals surface area contributed by atoms with Gasteiger partial charge in [-0.25, -0.2) is 4.98 Å². The van der Waals surface area contributed by atoms with E-state index in [2.05, 4.69) is 38.1 Å². The fourth-order valence-corrected chi connectivity index (χ4v) is 3.06. The molecule has 2 aromatic carbocycles. The minimum absolute atomic E-state index is 0.0510. The maximum absolute atomic E-state index is 6.33. The lowest BCUT2D eigenvalue weighted by Crippen LogP contribution is -2.10. The molecule has 3 heteroatoms. The molecule has 3 aromatic rings. The molecule has 1 atom stereocenters. The van der Waals surface area contributed by atoms with E-state index in [1.807, 2.05) is 42.5 Å². The van der Waals surface area contributed by atoms with Crippen LogP contribution in [-0.4, -0.2) is 12.1 Å². The Morgan fingerprint density at radius 2 is 1.70 bits per heavy atom. The molecular weight excluding hydrogens is 334 g/mol. The van der Waals surface area contributed by atoms with E-state index in [-0.39, 0.29) is 6.10 Å². The molecule has 0 radical (unpaired) electrons. The molecule has 0 saturated heterocycles. The van der Waals surface area contributed by atoms with Crippen molar-refractivity contribution < 1.29 is 9.47 Å². The molecule has 3 nitrogen and oxygen atoms in total. The van der Waals surface area contributed by atoms with Gasteiger partial charge in [0, 0.05) is 5.56 Å². The van der Waals surface area contributed by atoms with Crippen molar-refractivity contribution in [2.75, 3.05) is 7.11 Å². The molecular formula is C24H27NO2. The number of nitrogens with zero attached hydrogens (tertiary/aromatic N) is 1. The molecule has 1 heterocycles. The van der Waals surface area contributed by atoms with Crippen LogP contribution in [0.3, 0.4) is 0 Å². The first kappa shape index (κ1) is 19.0. The number of aryl methyl sites for hydroxylation is 1. The fourth-order valence-electron chi connectivity index (χ4n) is 3.06. The molecule has 0 saturated carbocycles. The summed E-state index contributed by atoms with van der Waals surface area (Å²) in [7, 11) is 1.68. The molecule has 0 aliphatic heterocycles. The van der Waals surface area contributed by atoms with Gasteiger partial charge in [0.05, 0.1) is 18.5 Å². The summed E-state index contributed by atoms with van der Waals surface area (Å²) >= 11 is 0. The second-order valence-electron chi connectivity index (χ2n) is 6.74. The second-order valence-corrected chi connectivity index (χ2v) is 6.74. The van der Waals surface area contributed by atoms with Crippen molar-refractivity contribution in [1.82, 2.24) is 4.98 Å². The van der Waals surface area contributed by atoms with E-state index in [4.69, 9.17) is 14.5 Å². The molecule has 0 N–H and O–H groups in total. The van der Waals surface area contributed by atoms with Crippen molar-refractivity contribution in [3.8, 4) is 22.8 Å². The average molecular weight is 361 g/mol. The largest absolute Gasteiger partial charge is 0.497 e. The van der Waals surface area contributed by atoms with Gasteiger partial charge in [-0.2, -0.15) is 0 Å². The summed E-state index contributed by atoms with van der Waals surface area (Å²) in [4.78, 5) is 4.90. The quantitative estimate of drug-likeness (QED) is 0.467. The van der Waals surface area contributed by atoms with Crippen molar-refractivity contribution >= 4 is 0 Å². The van der Waals surface area contributed by atoms with Crippen LogP contribution >= 0.6 is 0 Å². The van der Waals surface area contributed by atoms with Gasteiger partial charge in [0.15, 0.2) is 0 Å². The molecule has 0 amide bonds. The topological polar surface area (TPSA) is 31.4 Å². The zero-order valence-electron chi connectivity index (χ0n) is 16.3. The first-order valence-corrected chi connectivity index (χ1v) is 9.54. The zero-order valence-corrected chi connectivity index (χ0v) is 16.3. The SMILES string of the molecule is CCCC[C@H](Oc1cccc(C)c1)c1cccc(-c2ccc(OC)cc2)n1. The lowest BCUT2D eigenvalue weighted by molar-refractivity contribution is 0.186. The van der Waals surface area contributed by atoms with Crippen LogP contribution in [0.15, 0.2) is 66.7 Å². The summed E-state index contributed by atoms with van der Waals surface area (Å²) in [6.07, 6.45) is 3.13. The normalized spacial score (nSPS) is 11.8. The minimum atomic E-state index is -0.0510. The van der Waals surface area contributed by atoms with E-state index in [0.29, 0.717) is 0 Å². The first-order chi connectivity index (χ1) is 13.2. The summed E-state index contributed by atoms with van der Waals surface area (Å²) < 4.78 is 11.6. The van der Waals surface area contributed by atoms with Crippen molar-refractivity contribution in [3.63, 3.8) is 0 Å². The minimum Gasteiger partial charge on any atom is -0.497 e. The van der Waals surface area contributed by atoms with E-state index in [0.717, 1.165) is 47.7 Å². The van der Waals surface area contributed by atoms with E-state index < -0.39 is 0 Å². The van der Waals surface area contributed by atoms with Gasteiger partial charge in [-0.3, -0.25) is 0 Å². The van der Waals surface area contributed by atoms with Gasteiger partial charge in [-0.1, -0.05) is 31.5 Å². The van der Waals surface area contributed by atoms with Crippen LogP contribution < -0.4 is 9.47 Å². The number of aromatic nitrogens is 1. The predicted octanol–water partition coefficient (Wildman–Crippen LogP) is 6.38. The Labute approximate surface area is 162 Å². The summed E-state index contributed by atoms with van der Waals surface area (Å²) in [5, 5.41) is 0. The molecule has 0 fully saturated rings. The Bertz CT molecular complexity index is 858. The average Bonchev–Trinajstić information content (AvgIpc) is 2.71. The molecule has 27 heavy (non-hydrogen) atoms. The smallest absolute Gasteiger partial charge is 0.141 e. The van der Waals surface area contributed by atoms with Gasteiger partial charge in [-0.15, -0.1) is 0 Å². The van der Waals surface area contributed by atoms with Crippen molar-refractivity contribution in [2.24, 2.45) is 0 Å². The van der Waals surface area contributed by atoms with Crippen molar-refractivity contribution in [3.05, 3.63) is 78.0 Å². The number of ether oxygens (including phenoxy) is 2. The van der Waals surface area contributed by atoms with Crippen LogP contribution in [0.1, 0.15) is 43.5 Å². The lowest BCUT2D eigenvalue weighted by atomic mass is 10.1. The molecule has 0 aliphatic rings. The second kappa shape index (κ2) is 9.22. The molecule has 0 unspecified atom stereocenters. The highest BCUT2D eigenvalue weighted by molar-refractivity contribution is 5.60. The number of benzene rings is 2. The van der Waals surface area contributed by atoms with Crippen molar-refractivity contribution in [1.29, 1.82) is 0 Å². The third-order valence-corrected chi connectivity index (χ3v) is 4.57. The summed E-state index contributed by atoms with van der Waals surface area (Å²) in [6.45, 7) is 4.28. The van der Waals surface area contributed by atoms with Gasteiger partial charge in [0.25, 0.3) is 0 Å². The Morgan fingerprint density at radius 1 is 0.926 bits per heavy atom. The van der Waals surface area contributed by atoms with Crippen LogP contribution in [0.2, 0.25) is 0 Å². The number of hydrogen-bond donors (Lipinski definition) is 0. The van der Waals surface area contributed by atoms with Gasteiger partial charge >= 0.3 is 0 Å². The molecule has 0 spiro atoms. The number of rotatable bonds is 8. The molecule has 140 valence electrons. The Balaban J connectivity index is 1.87. The summed E-state index contributed by atoms with van der Waals surface area (Å²) in [5.41, 5.74) is 4.19. The Morgan fingerprint density at radius 3 is 2.41 bits per heavy atom. The van der Waals surface area contributed by atoms with Crippen LogP contribution in [0.4, 0.5) is 0 Å². The highest BCUT2D eigenvalue weighted by Gasteiger charge is 2.16. The first-order valence-electron chi connectivity index (χ1n) is 9.54. The summed E-state index contributed by atoms with van der Waals surface area (Å²) in [5.74, 6) is 1.74. The van der Waals surface area contributed by atoms with Crippen LogP contribution in [-0.2, 0) is 0 Å². The third-order valence-electron chi connectivity index (χ3n) is 4.57.